The van der Waals surface area contributed by atoms with Gasteiger partial charge in [-0.2, -0.15) is 0 Å². The molecule has 2 amide bonds. The summed E-state index contributed by atoms with van der Waals surface area (Å²) in [7, 11) is 0. The molecule has 3 nitrogen and oxygen atoms in total. The Morgan fingerprint density at radius 1 is 1.29 bits per heavy atom. The number of rotatable bonds is 2. The summed E-state index contributed by atoms with van der Waals surface area (Å²) in [6, 6.07) is 5.26. The van der Waals surface area contributed by atoms with Crippen LogP contribution in [0.25, 0.3) is 0 Å². The van der Waals surface area contributed by atoms with Crippen LogP contribution >= 0.6 is 0 Å². The predicted octanol–water partition coefficient (Wildman–Crippen LogP) is 1.30. The Labute approximate surface area is 81.4 Å². The van der Waals surface area contributed by atoms with Gasteiger partial charge >= 0.3 is 0 Å². The van der Waals surface area contributed by atoms with Gasteiger partial charge in [-0.1, -0.05) is 18.2 Å². The fourth-order valence-corrected chi connectivity index (χ4v) is 1.62. The first-order chi connectivity index (χ1) is 6.74. The van der Waals surface area contributed by atoms with Gasteiger partial charge in [0.2, 0.25) is 0 Å². The van der Waals surface area contributed by atoms with E-state index in [4.69, 9.17) is 0 Å². The van der Waals surface area contributed by atoms with Gasteiger partial charge in [-0.05, 0) is 18.1 Å². The zero-order valence-electron chi connectivity index (χ0n) is 7.54. The van der Waals surface area contributed by atoms with Crippen molar-refractivity contribution in [2.45, 2.75) is 6.42 Å². The summed E-state index contributed by atoms with van der Waals surface area (Å²) in [6.07, 6.45) is 2.32. The van der Waals surface area contributed by atoms with E-state index >= 15 is 0 Å². The zero-order valence-corrected chi connectivity index (χ0v) is 7.54. The van der Waals surface area contributed by atoms with Crippen molar-refractivity contribution in [2.24, 2.45) is 0 Å². The summed E-state index contributed by atoms with van der Waals surface area (Å²) in [5.74, 6) is -0.613. The largest absolute Gasteiger partial charge is 0.288 e. The van der Waals surface area contributed by atoms with Crippen LogP contribution in [0.3, 0.4) is 0 Å². The second kappa shape index (κ2) is 3.10. The molecule has 0 radical (unpaired) electrons. The summed E-state index contributed by atoms with van der Waals surface area (Å²) < 4.78 is 0. The van der Waals surface area contributed by atoms with Crippen molar-refractivity contribution in [3.8, 4) is 0 Å². The van der Waals surface area contributed by atoms with Gasteiger partial charge in [-0.3, -0.25) is 14.9 Å². The highest BCUT2D eigenvalue weighted by Crippen LogP contribution is 2.20. The molecular weight excluding hydrogens is 178 g/mol. The number of carbonyl (C=O) groups is 2. The molecule has 0 saturated heterocycles. The third kappa shape index (κ3) is 1.14. The molecule has 14 heavy (non-hydrogen) atoms. The molecule has 2 rings (SSSR count). The summed E-state index contributed by atoms with van der Waals surface area (Å²) in [6.45, 7) is 3.61. The predicted molar refractivity (Wildman–Crippen MR) is 52.1 cm³/mol. The highest BCUT2D eigenvalue weighted by molar-refractivity contribution is 6.22. The van der Waals surface area contributed by atoms with E-state index in [1.807, 2.05) is 6.07 Å². The number of imide groups is 1. The molecule has 1 aliphatic heterocycles. The molecule has 0 unspecified atom stereocenters. The monoisotopic (exact) mass is 187 g/mol. The van der Waals surface area contributed by atoms with Gasteiger partial charge < -0.3 is 0 Å². The van der Waals surface area contributed by atoms with Crippen molar-refractivity contribution < 1.29 is 9.59 Å². The van der Waals surface area contributed by atoms with E-state index in [2.05, 4.69) is 11.9 Å². The van der Waals surface area contributed by atoms with Crippen LogP contribution in [0.1, 0.15) is 26.3 Å². The van der Waals surface area contributed by atoms with Crippen LogP contribution in [-0.4, -0.2) is 11.8 Å². The average Bonchev–Trinajstić information content (AvgIpc) is 2.44. The first-order valence-electron chi connectivity index (χ1n) is 4.32. The smallest absolute Gasteiger partial charge is 0.259 e. The molecule has 1 aliphatic rings. The van der Waals surface area contributed by atoms with Gasteiger partial charge in [0.1, 0.15) is 0 Å². The Hall–Kier alpha value is -1.90. The number of fused-ring (bicyclic) bond motifs is 1. The molecule has 0 aliphatic carbocycles. The molecule has 1 aromatic carbocycles. The highest BCUT2D eigenvalue weighted by atomic mass is 16.2. The van der Waals surface area contributed by atoms with Crippen molar-refractivity contribution in [3.05, 3.63) is 47.5 Å². The molecule has 0 saturated carbocycles. The minimum Gasteiger partial charge on any atom is -0.288 e. The zero-order chi connectivity index (χ0) is 10.1. The second-order valence-corrected chi connectivity index (χ2v) is 3.12. The molecule has 0 aromatic heterocycles. The number of benzene rings is 1. The van der Waals surface area contributed by atoms with Crippen molar-refractivity contribution in [1.82, 2.24) is 5.32 Å². The molecule has 70 valence electrons. The van der Waals surface area contributed by atoms with Crippen molar-refractivity contribution in [1.29, 1.82) is 0 Å². The van der Waals surface area contributed by atoms with Crippen LogP contribution in [-0.2, 0) is 6.42 Å². The molecule has 0 fully saturated rings. The van der Waals surface area contributed by atoms with E-state index in [1.54, 1.807) is 18.2 Å². The first-order valence-corrected chi connectivity index (χ1v) is 4.32. The fourth-order valence-electron chi connectivity index (χ4n) is 1.62. The summed E-state index contributed by atoms with van der Waals surface area (Å²) in [4.78, 5) is 22.7. The van der Waals surface area contributed by atoms with E-state index in [9.17, 15) is 9.59 Å². The van der Waals surface area contributed by atoms with Gasteiger partial charge in [0.05, 0.1) is 11.1 Å². The van der Waals surface area contributed by atoms with Gasteiger partial charge in [0, 0.05) is 0 Å². The number of nitrogens with one attached hydrogen (secondary N) is 1. The topological polar surface area (TPSA) is 46.2 Å². The van der Waals surface area contributed by atoms with E-state index < -0.39 is 0 Å². The lowest BCUT2D eigenvalue weighted by Gasteiger charge is -2.01. The maximum absolute atomic E-state index is 11.4. The van der Waals surface area contributed by atoms with E-state index in [1.165, 1.54) is 0 Å². The Morgan fingerprint density at radius 3 is 2.79 bits per heavy atom. The van der Waals surface area contributed by atoms with Crippen LogP contribution in [0.4, 0.5) is 0 Å². The van der Waals surface area contributed by atoms with Crippen LogP contribution in [0.15, 0.2) is 30.9 Å². The van der Waals surface area contributed by atoms with Gasteiger partial charge in [0.25, 0.3) is 11.8 Å². The summed E-state index contributed by atoms with van der Waals surface area (Å²) >= 11 is 0. The number of amides is 2. The van der Waals surface area contributed by atoms with Gasteiger partial charge in [0.15, 0.2) is 0 Å². The Morgan fingerprint density at radius 2 is 2.07 bits per heavy atom. The number of hydrogen-bond donors (Lipinski definition) is 1. The third-order valence-electron chi connectivity index (χ3n) is 2.21. The van der Waals surface area contributed by atoms with E-state index in [0.29, 0.717) is 17.5 Å². The SMILES string of the molecule is C=CCc1cccc2c1C(=O)NC2=O. The molecule has 0 atom stereocenters. The molecular formula is C11H9NO2. The number of carbonyl (C=O) groups excluding carboxylic acids is 2. The van der Waals surface area contributed by atoms with Crippen molar-refractivity contribution in [3.63, 3.8) is 0 Å². The number of hydrogen-bond acceptors (Lipinski definition) is 2. The molecule has 1 N–H and O–H groups in total. The first kappa shape index (κ1) is 8.69. The second-order valence-electron chi connectivity index (χ2n) is 3.12. The summed E-state index contributed by atoms with van der Waals surface area (Å²) in [5, 5.41) is 2.27. The molecule has 1 heterocycles. The van der Waals surface area contributed by atoms with Crippen LogP contribution in [0.2, 0.25) is 0 Å². The van der Waals surface area contributed by atoms with Crippen LogP contribution in [0.5, 0.6) is 0 Å². The van der Waals surface area contributed by atoms with Gasteiger partial charge in [-0.25, -0.2) is 0 Å². The Kier molecular flexibility index (Phi) is 1.93. The maximum atomic E-state index is 11.4. The fraction of sp³-hybridized carbons (Fsp3) is 0.0909. The van der Waals surface area contributed by atoms with E-state index in [-0.39, 0.29) is 11.8 Å². The molecule has 3 heteroatoms. The minimum absolute atomic E-state index is 0.303. The van der Waals surface area contributed by atoms with Crippen LogP contribution < -0.4 is 5.32 Å². The molecule has 0 bridgehead atoms. The standard InChI is InChI=1S/C11H9NO2/c1-2-4-7-5-3-6-8-9(7)11(14)12-10(8)13/h2-3,5-6H,1,4H2,(H,12,13,14). The minimum atomic E-state index is -0.309. The van der Waals surface area contributed by atoms with Crippen LogP contribution in [0, 0.1) is 0 Å². The summed E-state index contributed by atoms with van der Waals surface area (Å²) in [5.41, 5.74) is 1.81. The molecule has 0 spiro atoms. The van der Waals surface area contributed by atoms with Gasteiger partial charge in [-0.15, -0.1) is 6.58 Å². The van der Waals surface area contributed by atoms with Crippen molar-refractivity contribution >= 4 is 11.8 Å². The quantitative estimate of drug-likeness (QED) is 0.560. The Balaban J connectivity index is 2.61. The highest BCUT2D eigenvalue weighted by Gasteiger charge is 2.28. The third-order valence-corrected chi connectivity index (χ3v) is 2.21. The lowest BCUT2D eigenvalue weighted by atomic mass is 10.0. The average molecular weight is 187 g/mol. The van der Waals surface area contributed by atoms with Crippen molar-refractivity contribution in [2.75, 3.05) is 0 Å². The Bertz CT molecular complexity index is 435. The van der Waals surface area contributed by atoms with E-state index in [0.717, 1.165) is 5.56 Å². The lowest BCUT2D eigenvalue weighted by Crippen LogP contribution is -2.20. The lowest BCUT2D eigenvalue weighted by molar-refractivity contribution is 0.0879. The maximum Gasteiger partial charge on any atom is 0.259 e. The normalized spacial score (nSPS) is 13.7. The number of allylic oxidation sites excluding steroid dienone is 1. The molecule has 1 aromatic rings.